The van der Waals surface area contributed by atoms with Gasteiger partial charge in [0.1, 0.15) is 0 Å². The van der Waals surface area contributed by atoms with Gasteiger partial charge in [0.05, 0.1) is 11.7 Å². The number of nitrogens with two attached hydrogens (primary N) is 1. The molecule has 0 saturated heterocycles. The largest absolute Gasteiger partial charge is 0.398 e. The van der Waals surface area contributed by atoms with Crippen molar-refractivity contribution in [1.82, 2.24) is 4.90 Å². The molecule has 2 aliphatic rings. The number of nitrogen functional groups attached to an aromatic ring is 1. The van der Waals surface area contributed by atoms with E-state index < -0.39 is 0 Å². The van der Waals surface area contributed by atoms with E-state index in [0.29, 0.717) is 24.3 Å². The van der Waals surface area contributed by atoms with E-state index in [-0.39, 0.29) is 17.9 Å². The summed E-state index contributed by atoms with van der Waals surface area (Å²) >= 11 is 0. The Kier molecular flexibility index (Phi) is 3.19. The molecule has 1 aromatic rings. The molecule has 3 N–H and O–H groups in total. The second-order valence-electron chi connectivity index (χ2n) is 5.68. The van der Waals surface area contributed by atoms with Crippen LogP contribution >= 0.6 is 0 Å². The summed E-state index contributed by atoms with van der Waals surface area (Å²) in [6.07, 6.45) is 3.86. The van der Waals surface area contributed by atoms with Crippen LogP contribution in [0.5, 0.6) is 0 Å². The Hall–Kier alpha value is -1.55. The summed E-state index contributed by atoms with van der Waals surface area (Å²) in [5, 5.41) is 10.0. The van der Waals surface area contributed by atoms with E-state index in [4.69, 9.17) is 5.73 Å². The van der Waals surface area contributed by atoms with Crippen LogP contribution in [-0.2, 0) is 6.54 Å². The van der Waals surface area contributed by atoms with Gasteiger partial charge in [-0.1, -0.05) is 25.0 Å². The molecule has 1 heterocycles. The lowest BCUT2D eigenvalue weighted by atomic mass is 9.86. The highest BCUT2D eigenvalue weighted by atomic mass is 16.3. The number of nitrogens with zero attached hydrogens (tertiary/aromatic N) is 1. The summed E-state index contributed by atoms with van der Waals surface area (Å²) in [7, 11) is 0. The standard InChI is InChI=1S/C15H20N2O2/c16-12-6-3-5-11-9-17(15(19)14(11)12)8-10-4-1-2-7-13(10)18/h3,5-6,10,13,18H,1-2,4,7-9,16H2. The number of anilines is 1. The summed E-state index contributed by atoms with van der Waals surface area (Å²) < 4.78 is 0. The molecule has 3 rings (SSSR count). The number of fused-ring (bicyclic) bond motifs is 1. The van der Waals surface area contributed by atoms with Crippen molar-refractivity contribution < 1.29 is 9.90 Å². The molecule has 0 radical (unpaired) electrons. The zero-order chi connectivity index (χ0) is 13.4. The molecule has 102 valence electrons. The first-order chi connectivity index (χ1) is 9.16. The van der Waals surface area contributed by atoms with Crippen LogP contribution in [-0.4, -0.2) is 28.6 Å². The Labute approximate surface area is 113 Å². The first-order valence-corrected chi connectivity index (χ1v) is 7.01. The van der Waals surface area contributed by atoms with Gasteiger partial charge in [-0.3, -0.25) is 4.79 Å². The van der Waals surface area contributed by atoms with Gasteiger partial charge in [0.25, 0.3) is 5.91 Å². The van der Waals surface area contributed by atoms with Gasteiger partial charge in [-0.2, -0.15) is 0 Å². The molecule has 4 nitrogen and oxygen atoms in total. The van der Waals surface area contributed by atoms with Gasteiger partial charge in [-0.25, -0.2) is 0 Å². The second kappa shape index (κ2) is 4.85. The van der Waals surface area contributed by atoms with E-state index in [9.17, 15) is 9.90 Å². The Morgan fingerprint density at radius 3 is 2.84 bits per heavy atom. The maximum absolute atomic E-state index is 12.4. The van der Waals surface area contributed by atoms with E-state index in [1.807, 2.05) is 17.0 Å². The monoisotopic (exact) mass is 260 g/mol. The third-order valence-electron chi connectivity index (χ3n) is 4.37. The van der Waals surface area contributed by atoms with Gasteiger partial charge in [0.15, 0.2) is 0 Å². The predicted molar refractivity (Wildman–Crippen MR) is 73.6 cm³/mol. The second-order valence-corrected chi connectivity index (χ2v) is 5.68. The molecule has 0 spiro atoms. The van der Waals surface area contributed by atoms with E-state index in [1.165, 1.54) is 0 Å². The third-order valence-corrected chi connectivity index (χ3v) is 4.37. The lowest BCUT2D eigenvalue weighted by molar-refractivity contribution is 0.0414. The van der Waals surface area contributed by atoms with Crippen LogP contribution in [0.25, 0.3) is 0 Å². The number of hydrogen-bond donors (Lipinski definition) is 2. The van der Waals surface area contributed by atoms with Crippen molar-refractivity contribution in [3.63, 3.8) is 0 Å². The minimum Gasteiger partial charge on any atom is -0.398 e. The van der Waals surface area contributed by atoms with Gasteiger partial charge in [0.2, 0.25) is 0 Å². The molecule has 1 amide bonds. The number of rotatable bonds is 2. The topological polar surface area (TPSA) is 66.6 Å². The lowest BCUT2D eigenvalue weighted by Crippen LogP contribution is -2.37. The molecular weight excluding hydrogens is 240 g/mol. The first kappa shape index (κ1) is 12.5. The van der Waals surface area contributed by atoms with Crippen LogP contribution in [0, 0.1) is 5.92 Å². The third kappa shape index (κ3) is 2.21. The number of hydrogen-bond acceptors (Lipinski definition) is 3. The summed E-state index contributed by atoms with van der Waals surface area (Å²) in [5.41, 5.74) is 8.12. The molecule has 1 saturated carbocycles. The fraction of sp³-hybridized carbons (Fsp3) is 0.533. The zero-order valence-electron chi connectivity index (χ0n) is 11.0. The minimum absolute atomic E-state index is 0.0193. The molecule has 0 bridgehead atoms. The Morgan fingerprint density at radius 2 is 2.11 bits per heavy atom. The molecule has 1 fully saturated rings. The molecule has 2 unspecified atom stereocenters. The van der Waals surface area contributed by atoms with Crippen LogP contribution < -0.4 is 5.73 Å². The lowest BCUT2D eigenvalue weighted by Gasteiger charge is -2.31. The van der Waals surface area contributed by atoms with Gasteiger partial charge in [0, 0.05) is 24.7 Å². The molecule has 0 aromatic heterocycles. The highest BCUT2D eigenvalue weighted by Gasteiger charge is 2.33. The fourth-order valence-corrected chi connectivity index (χ4v) is 3.28. The molecule has 2 atom stereocenters. The van der Waals surface area contributed by atoms with E-state index in [2.05, 4.69) is 0 Å². The average molecular weight is 260 g/mol. The first-order valence-electron chi connectivity index (χ1n) is 7.01. The van der Waals surface area contributed by atoms with Gasteiger partial charge in [-0.05, 0) is 24.5 Å². The van der Waals surface area contributed by atoms with Crippen molar-refractivity contribution in [2.45, 2.75) is 38.3 Å². The Morgan fingerprint density at radius 1 is 1.32 bits per heavy atom. The van der Waals surface area contributed by atoms with Crippen LogP contribution in [0.3, 0.4) is 0 Å². The van der Waals surface area contributed by atoms with Crippen LogP contribution in [0.15, 0.2) is 18.2 Å². The Balaban J connectivity index is 1.75. The minimum atomic E-state index is -0.261. The maximum Gasteiger partial charge on any atom is 0.256 e. The van der Waals surface area contributed by atoms with Crippen LogP contribution in [0.4, 0.5) is 5.69 Å². The normalized spacial score (nSPS) is 26.6. The smallest absolute Gasteiger partial charge is 0.256 e. The summed E-state index contributed by atoms with van der Waals surface area (Å²) in [6, 6.07) is 5.62. The van der Waals surface area contributed by atoms with Crippen molar-refractivity contribution >= 4 is 11.6 Å². The average Bonchev–Trinajstić information content (AvgIpc) is 2.71. The van der Waals surface area contributed by atoms with E-state index >= 15 is 0 Å². The van der Waals surface area contributed by atoms with Gasteiger partial charge in [-0.15, -0.1) is 0 Å². The van der Waals surface area contributed by atoms with Crippen molar-refractivity contribution in [3.8, 4) is 0 Å². The van der Waals surface area contributed by atoms with E-state index in [1.54, 1.807) is 6.07 Å². The molecule has 4 heteroatoms. The summed E-state index contributed by atoms with van der Waals surface area (Å²) in [4.78, 5) is 14.2. The fourth-order valence-electron chi connectivity index (χ4n) is 3.28. The molecule has 1 aromatic carbocycles. The maximum atomic E-state index is 12.4. The van der Waals surface area contributed by atoms with Gasteiger partial charge >= 0.3 is 0 Å². The number of aliphatic hydroxyl groups excluding tert-OH is 1. The van der Waals surface area contributed by atoms with Gasteiger partial charge < -0.3 is 15.7 Å². The molecule has 1 aliphatic heterocycles. The summed E-state index contributed by atoms with van der Waals surface area (Å²) in [5.74, 6) is 0.235. The summed E-state index contributed by atoms with van der Waals surface area (Å²) in [6.45, 7) is 1.27. The Bertz CT molecular complexity index is 501. The number of amides is 1. The number of carbonyl (C=O) groups is 1. The molecule has 1 aliphatic carbocycles. The van der Waals surface area contributed by atoms with Crippen molar-refractivity contribution in [2.24, 2.45) is 5.92 Å². The predicted octanol–water partition coefficient (Wildman–Crippen LogP) is 1.78. The number of aliphatic hydroxyl groups is 1. The highest BCUT2D eigenvalue weighted by molar-refractivity contribution is 6.03. The molecular formula is C15H20N2O2. The van der Waals surface area contributed by atoms with Crippen molar-refractivity contribution in [3.05, 3.63) is 29.3 Å². The highest BCUT2D eigenvalue weighted by Crippen LogP contribution is 2.31. The van der Waals surface area contributed by atoms with Crippen molar-refractivity contribution in [2.75, 3.05) is 12.3 Å². The number of carbonyl (C=O) groups excluding carboxylic acids is 1. The SMILES string of the molecule is Nc1cccc2c1C(=O)N(CC1CCCCC1O)C2. The number of benzene rings is 1. The van der Waals surface area contributed by atoms with Crippen molar-refractivity contribution in [1.29, 1.82) is 0 Å². The quantitative estimate of drug-likeness (QED) is 0.796. The van der Waals surface area contributed by atoms with Crippen LogP contribution in [0.2, 0.25) is 0 Å². The molecule has 19 heavy (non-hydrogen) atoms. The van der Waals surface area contributed by atoms with E-state index in [0.717, 1.165) is 31.2 Å². The zero-order valence-corrected chi connectivity index (χ0v) is 11.0. The van der Waals surface area contributed by atoms with Crippen LogP contribution in [0.1, 0.15) is 41.6 Å².